The van der Waals surface area contributed by atoms with E-state index in [-0.39, 0.29) is 0 Å². The molecule has 0 radical (unpaired) electrons. The summed E-state index contributed by atoms with van der Waals surface area (Å²) in [5, 5.41) is 0. The van der Waals surface area contributed by atoms with Crippen molar-refractivity contribution >= 4 is 0 Å². The van der Waals surface area contributed by atoms with Crippen molar-refractivity contribution in [2.24, 2.45) is 5.92 Å². The van der Waals surface area contributed by atoms with Gasteiger partial charge in [0.1, 0.15) is 0 Å². The number of rotatable bonds is 2. The summed E-state index contributed by atoms with van der Waals surface area (Å²) in [6, 6.07) is 2.31. The van der Waals surface area contributed by atoms with Crippen LogP contribution < -0.4 is 0 Å². The van der Waals surface area contributed by atoms with Crippen molar-refractivity contribution in [3.63, 3.8) is 0 Å². The van der Waals surface area contributed by atoms with Crippen molar-refractivity contribution in [2.45, 2.75) is 63.3 Å². The molecular weight excluding hydrogens is 224 g/mol. The molecule has 3 nitrogen and oxygen atoms in total. The highest BCUT2D eigenvalue weighted by Gasteiger charge is 2.46. The summed E-state index contributed by atoms with van der Waals surface area (Å²) < 4.78 is 6.05. The third-order valence-corrected chi connectivity index (χ3v) is 5.60. The van der Waals surface area contributed by atoms with Gasteiger partial charge in [0.05, 0.1) is 6.10 Å². The molecule has 0 bridgehead atoms. The van der Waals surface area contributed by atoms with Gasteiger partial charge in [0.15, 0.2) is 0 Å². The lowest BCUT2D eigenvalue weighted by molar-refractivity contribution is -0.0116. The summed E-state index contributed by atoms with van der Waals surface area (Å²) in [5.41, 5.74) is 0. The predicted octanol–water partition coefficient (Wildman–Crippen LogP) is 1.72. The summed E-state index contributed by atoms with van der Waals surface area (Å²) in [6.07, 6.45) is 7.51. The Kier molecular flexibility index (Phi) is 2.90. The highest BCUT2D eigenvalue weighted by molar-refractivity contribution is 5.00. The van der Waals surface area contributed by atoms with Crippen LogP contribution in [0.5, 0.6) is 0 Å². The SMILES string of the molecule is CC1CN2CCCC2CN1C1CCOC1C1CC1. The number of ether oxygens (including phenoxy) is 1. The van der Waals surface area contributed by atoms with E-state index >= 15 is 0 Å². The summed E-state index contributed by atoms with van der Waals surface area (Å²) in [5.74, 6) is 0.895. The summed E-state index contributed by atoms with van der Waals surface area (Å²) in [6.45, 7) is 7.37. The second-order valence-electron chi connectivity index (χ2n) is 6.87. The molecule has 4 aliphatic rings. The molecule has 4 atom stereocenters. The van der Waals surface area contributed by atoms with Crippen LogP contribution in [0.15, 0.2) is 0 Å². The lowest BCUT2D eigenvalue weighted by atomic mass is 9.98. The Labute approximate surface area is 110 Å². The monoisotopic (exact) mass is 250 g/mol. The van der Waals surface area contributed by atoms with E-state index in [2.05, 4.69) is 16.7 Å². The van der Waals surface area contributed by atoms with Crippen molar-refractivity contribution in [1.82, 2.24) is 9.80 Å². The minimum absolute atomic E-state index is 0.570. The van der Waals surface area contributed by atoms with Crippen molar-refractivity contribution in [3.05, 3.63) is 0 Å². The van der Waals surface area contributed by atoms with Crippen LogP contribution in [-0.2, 0) is 4.74 Å². The maximum atomic E-state index is 6.05. The Balaban J connectivity index is 1.49. The van der Waals surface area contributed by atoms with E-state index in [0.29, 0.717) is 6.10 Å². The molecule has 0 aromatic carbocycles. The van der Waals surface area contributed by atoms with Crippen molar-refractivity contribution < 1.29 is 4.74 Å². The fraction of sp³-hybridized carbons (Fsp3) is 1.00. The van der Waals surface area contributed by atoms with Gasteiger partial charge in [0, 0.05) is 37.8 Å². The summed E-state index contributed by atoms with van der Waals surface area (Å²) >= 11 is 0. The molecule has 1 saturated carbocycles. The van der Waals surface area contributed by atoms with Crippen LogP contribution in [-0.4, -0.2) is 60.3 Å². The molecule has 0 amide bonds. The zero-order valence-electron chi connectivity index (χ0n) is 11.6. The van der Waals surface area contributed by atoms with E-state index in [1.54, 1.807) is 0 Å². The van der Waals surface area contributed by atoms with Gasteiger partial charge in [0.2, 0.25) is 0 Å². The Morgan fingerprint density at radius 2 is 1.94 bits per heavy atom. The summed E-state index contributed by atoms with van der Waals surface area (Å²) in [7, 11) is 0. The first-order valence-electron chi connectivity index (χ1n) is 7.94. The first-order valence-corrected chi connectivity index (χ1v) is 7.94. The van der Waals surface area contributed by atoms with Crippen molar-refractivity contribution in [1.29, 1.82) is 0 Å². The van der Waals surface area contributed by atoms with Gasteiger partial charge >= 0.3 is 0 Å². The van der Waals surface area contributed by atoms with Gasteiger partial charge in [-0.2, -0.15) is 0 Å². The van der Waals surface area contributed by atoms with Crippen LogP contribution in [0.3, 0.4) is 0 Å². The van der Waals surface area contributed by atoms with Crippen molar-refractivity contribution in [3.8, 4) is 0 Å². The summed E-state index contributed by atoms with van der Waals surface area (Å²) in [4.78, 5) is 5.53. The maximum Gasteiger partial charge on any atom is 0.0759 e. The van der Waals surface area contributed by atoms with Gasteiger partial charge in [-0.1, -0.05) is 0 Å². The minimum atomic E-state index is 0.570. The van der Waals surface area contributed by atoms with E-state index in [4.69, 9.17) is 4.74 Å². The minimum Gasteiger partial charge on any atom is -0.376 e. The first kappa shape index (κ1) is 11.7. The van der Waals surface area contributed by atoms with Crippen LogP contribution >= 0.6 is 0 Å². The van der Waals surface area contributed by atoms with Crippen LogP contribution in [0.1, 0.15) is 39.0 Å². The zero-order valence-corrected chi connectivity index (χ0v) is 11.6. The first-order chi connectivity index (χ1) is 8.83. The number of fused-ring (bicyclic) bond motifs is 1. The lowest BCUT2D eigenvalue weighted by Gasteiger charge is -2.46. The largest absolute Gasteiger partial charge is 0.376 e. The van der Waals surface area contributed by atoms with E-state index in [1.807, 2.05) is 0 Å². The molecular formula is C15H26N2O. The molecule has 4 fully saturated rings. The molecule has 0 spiro atoms. The van der Waals surface area contributed by atoms with Gasteiger partial charge in [-0.3, -0.25) is 9.80 Å². The molecule has 3 heterocycles. The van der Waals surface area contributed by atoms with E-state index in [0.717, 1.165) is 30.7 Å². The van der Waals surface area contributed by atoms with Gasteiger partial charge in [-0.05, 0) is 51.5 Å². The van der Waals surface area contributed by atoms with Crippen LogP contribution in [0.2, 0.25) is 0 Å². The fourth-order valence-corrected chi connectivity index (χ4v) is 4.50. The molecule has 18 heavy (non-hydrogen) atoms. The average molecular weight is 250 g/mol. The van der Waals surface area contributed by atoms with Crippen LogP contribution in [0, 0.1) is 5.92 Å². The maximum absolute atomic E-state index is 6.05. The van der Waals surface area contributed by atoms with Crippen LogP contribution in [0.4, 0.5) is 0 Å². The van der Waals surface area contributed by atoms with Gasteiger partial charge in [0.25, 0.3) is 0 Å². The standard InChI is InChI=1S/C15H26N2O/c1-11-9-16-7-2-3-13(16)10-17(11)14-6-8-18-15(14)12-4-5-12/h11-15H,2-10H2,1H3. The predicted molar refractivity (Wildman–Crippen MR) is 71.6 cm³/mol. The number of nitrogens with zero attached hydrogens (tertiary/aromatic N) is 2. The van der Waals surface area contributed by atoms with Gasteiger partial charge in [-0.15, -0.1) is 0 Å². The topological polar surface area (TPSA) is 15.7 Å². The number of hydrogen-bond acceptors (Lipinski definition) is 3. The van der Waals surface area contributed by atoms with Crippen LogP contribution in [0.25, 0.3) is 0 Å². The Bertz CT molecular complexity index is 318. The quantitative estimate of drug-likeness (QED) is 0.742. The number of piperazine rings is 1. The molecule has 1 aliphatic carbocycles. The van der Waals surface area contributed by atoms with E-state index in [1.165, 1.54) is 51.7 Å². The molecule has 102 valence electrons. The molecule has 0 N–H and O–H groups in total. The van der Waals surface area contributed by atoms with E-state index in [9.17, 15) is 0 Å². The molecule has 0 aromatic heterocycles. The Morgan fingerprint density at radius 1 is 1.06 bits per heavy atom. The highest BCUT2D eigenvalue weighted by atomic mass is 16.5. The second kappa shape index (κ2) is 4.46. The zero-order chi connectivity index (χ0) is 12.1. The molecule has 0 aromatic rings. The normalized spacial score (nSPS) is 46.5. The molecule has 3 saturated heterocycles. The third kappa shape index (κ3) is 1.91. The third-order valence-electron chi connectivity index (χ3n) is 5.60. The Morgan fingerprint density at radius 3 is 2.78 bits per heavy atom. The molecule has 3 heteroatoms. The average Bonchev–Trinajstić information content (AvgIpc) is 2.92. The number of hydrogen-bond donors (Lipinski definition) is 0. The van der Waals surface area contributed by atoms with Gasteiger partial charge in [-0.25, -0.2) is 0 Å². The fourth-order valence-electron chi connectivity index (χ4n) is 4.50. The van der Waals surface area contributed by atoms with Gasteiger partial charge < -0.3 is 4.74 Å². The van der Waals surface area contributed by atoms with Crippen molar-refractivity contribution in [2.75, 3.05) is 26.2 Å². The lowest BCUT2D eigenvalue weighted by Crippen LogP contribution is -2.59. The molecule has 4 rings (SSSR count). The van der Waals surface area contributed by atoms with E-state index < -0.39 is 0 Å². The smallest absolute Gasteiger partial charge is 0.0759 e. The second-order valence-corrected chi connectivity index (χ2v) is 6.87. The molecule has 4 unspecified atom stereocenters. The highest BCUT2D eigenvalue weighted by Crippen LogP contribution is 2.41. The Hall–Kier alpha value is -0.120. The molecule has 3 aliphatic heterocycles.